The average molecular weight is 456 g/mol. The molecule has 7 heteroatoms. The second-order valence-electron chi connectivity index (χ2n) is 8.78. The summed E-state index contributed by atoms with van der Waals surface area (Å²) >= 11 is 0. The van der Waals surface area contributed by atoms with E-state index in [2.05, 4.69) is 18.3 Å². The van der Waals surface area contributed by atoms with Crippen LogP contribution in [0.25, 0.3) is 22.6 Å². The van der Waals surface area contributed by atoms with Gasteiger partial charge in [-0.05, 0) is 47.6 Å². The Kier molecular flexibility index (Phi) is 5.84. The topological polar surface area (TPSA) is 88.6 Å². The maximum Gasteiger partial charge on any atom is 0.339 e. The van der Waals surface area contributed by atoms with E-state index in [-0.39, 0.29) is 6.54 Å². The minimum atomic E-state index is -0.573. The Morgan fingerprint density at radius 2 is 1.88 bits per heavy atom. The number of fused-ring (bicyclic) bond motifs is 2. The Morgan fingerprint density at radius 1 is 1.12 bits per heavy atom. The summed E-state index contributed by atoms with van der Waals surface area (Å²) in [5.74, 6) is -0.795. The van der Waals surface area contributed by atoms with Crippen molar-refractivity contribution in [3.63, 3.8) is 0 Å². The highest BCUT2D eigenvalue weighted by atomic mass is 16.5. The van der Waals surface area contributed by atoms with Crippen LogP contribution in [0.5, 0.6) is 0 Å². The van der Waals surface area contributed by atoms with Gasteiger partial charge in [0.05, 0.1) is 16.8 Å². The summed E-state index contributed by atoms with van der Waals surface area (Å²) in [6.45, 7) is 2.34. The van der Waals surface area contributed by atoms with Crippen molar-refractivity contribution in [2.75, 3.05) is 19.7 Å². The van der Waals surface area contributed by atoms with Gasteiger partial charge < -0.3 is 10.1 Å². The third kappa shape index (κ3) is 4.17. The molecule has 0 radical (unpaired) electrons. The van der Waals surface area contributed by atoms with Crippen LogP contribution in [0.2, 0.25) is 0 Å². The largest absolute Gasteiger partial charge is 0.452 e. The number of imide groups is 1. The number of nitrogens with zero attached hydrogens (tertiary/aromatic N) is 2. The molecule has 1 aliphatic heterocycles. The number of carbonyl (C=O) groups is 3. The van der Waals surface area contributed by atoms with Gasteiger partial charge in [-0.3, -0.25) is 9.69 Å². The van der Waals surface area contributed by atoms with Crippen LogP contribution < -0.4 is 5.32 Å². The molecule has 1 aliphatic carbocycles. The number of carbonyl (C=O) groups excluding carboxylic acids is 3. The standard InChI is InChI=1S/C27H25N3O4/c1-17-13-19(15-18-7-3-2-4-8-18)25-21(14-17)24(20-9-5-6-10-22(20)29-25)26(32)34-16-23(31)30-12-11-28-27(30)33/h2-10,15,17H,11-14,16H2,1H3,(H,28,33)/b19-15+. The van der Waals surface area contributed by atoms with Crippen molar-refractivity contribution in [2.45, 2.75) is 19.8 Å². The molecular weight excluding hydrogens is 430 g/mol. The molecule has 1 atom stereocenters. The van der Waals surface area contributed by atoms with Crippen molar-refractivity contribution in [2.24, 2.45) is 5.92 Å². The first-order valence-corrected chi connectivity index (χ1v) is 11.4. The van der Waals surface area contributed by atoms with E-state index in [0.29, 0.717) is 35.3 Å². The third-order valence-corrected chi connectivity index (χ3v) is 6.25. The summed E-state index contributed by atoms with van der Waals surface area (Å²) in [7, 11) is 0. The maximum absolute atomic E-state index is 13.4. The second kappa shape index (κ2) is 9.09. The molecular formula is C27H25N3O4. The van der Waals surface area contributed by atoms with Crippen molar-refractivity contribution in [1.29, 1.82) is 0 Å². The van der Waals surface area contributed by atoms with Gasteiger partial charge in [-0.25, -0.2) is 14.6 Å². The fraction of sp³-hybridized carbons (Fsp3) is 0.259. The number of para-hydroxylation sites is 1. The van der Waals surface area contributed by atoms with Crippen molar-refractivity contribution in [3.8, 4) is 0 Å². The molecule has 5 rings (SSSR count). The van der Waals surface area contributed by atoms with E-state index in [0.717, 1.165) is 33.7 Å². The van der Waals surface area contributed by atoms with E-state index < -0.39 is 24.5 Å². The molecule has 0 bridgehead atoms. The summed E-state index contributed by atoms with van der Waals surface area (Å²) in [6.07, 6.45) is 3.66. The van der Waals surface area contributed by atoms with Crippen LogP contribution in [0.1, 0.15) is 40.5 Å². The number of amides is 3. The predicted octanol–water partition coefficient (Wildman–Crippen LogP) is 4.07. The van der Waals surface area contributed by atoms with E-state index in [1.54, 1.807) is 0 Å². The van der Waals surface area contributed by atoms with Gasteiger partial charge in [0.15, 0.2) is 6.61 Å². The Bertz CT molecular complexity index is 1320. The lowest BCUT2D eigenvalue weighted by Crippen LogP contribution is -2.37. The minimum Gasteiger partial charge on any atom is -0.452 e. The molecule has 2 heterocycles. The monoisotopic (exact) mass is 455 g/mol. The van der Waals surface area contributed by atoms with Gasteiger partial charge >= 0.3 is 12.0 Å². The van der Waals surface area contributed by atoms with Gasteiger partial charge in [0.1, 0.15) is 0 Å². The third-order valence-electron chi connectivity index (χ3n) is 6.25. The lowest BCUT2D eigenvalue weighted by atomic mass is 9.80. The van der Waals surface area contributed by atoms with E-state index >= 15 is 0 Å². The average Bonchev–Trinajstić information content (AvgIpc) is 3.27. The van der Waals surface area contributed by atoms with E-state index in [4.69, 9.17) is 9.72 Å². The number of aromatic nitrogens is 1. The van der Waals surface area contributed by atoms with Gasteiger partial charge in [0.25, 0.3) is 5.91 Å². The van der Waals surface area contributed by atoms with Crippen molar-refractivity contribution < 1.29 is 19.1 Å². The molecule has 3 amide bonds. The first-order chi connectivity index (χ1) is 16.5. The van der Waals surface area contributed by atoms with Gasteiger partial charge in [0.2, 0.25) is 0 Å². The number of urea groups is 1. The molecule has 3 aromatic rings. The van der Waals surface area contributed by atoms with Crippen molar-refractivity contribution >= 4 is 40.5 Å². The Hall–Kier alpha value is -4.00. The van der Waals surface area contributed by atoms with Crippen LogP contribution in [-0.2, 0) is 16.0 Å². The fourth-order valence-corrected chi connectivity index (χ4v) is 4.71. The molecule has 1 fully saturated rings. The number of benzene rings is 2. The second-order valence-corrected chi connectivity index (χ2v) is 8.78. The van der Waals surface area contributed by atoms with Gasteiger partial charge in [-0.1, -0.05) is 55.5 Å². The van der Waals surface area contributed by atoms with E-state index in [9.17, 15) is 14.4 Å². The molecule has 1 aromatic heterocycles. The van der Waals surface area contributed by atoms with Crippen LogP contribution in [0, 0.1) is 5.92 Å². The lowest BCUT2D eigenvalue weighted by Gasteiger charge is -2.26. The van der Waals surface area contributed by atoms with Gasteiger partial charge in [0, 0.05) is 18.5 Å². The van der Waals surface area contributed by atoms with Gasteiger partial charge in [-0.2, -0.15) is 0 Å². The quantitative estimate of drug-likeness (QED) is 0.599. The smallest absolute Gasteiger partial charge is 0.339 e. The Balaban J connectivity index is 1.54. The number of allylic oxidation sites excluding steroid dienone is 1. The summed E-state index contributed by atoms with van der Waals surface area (Å²) in [4.78, 5) is 43.5. The first kappa shape index (κ1) is 21.8. The van der Waals surface area contributed by atoms with E-state index in [1.165, 1.54) is 0 Å². The summed E-state index contributed by atoms with van der Waals surface area (Å²) in [5.41, 5.74) is 4.95. The molecule has 1 unspecified atom stereocenters. The minimum absolute atomic E-state index is 0.272. The molecule has 1 N–H and O–H groups in total. The highest BCUT2D eigenvalue weighted by Crippen LogP contribution is 2.38. The molecule has 0 spiro atoms. The first-order valence-electron chi connectivity index (χ1n) is 11.4. The number of esters is 1. The highest BCUT2D eigenvalue weighted by molar-refractivity contribution is 6.07. The molecule has 7 nitrogen and oxygen atoms in total. The normalized spacial score (nSPS) is 18.6. The molecule has 0 saturated carbocycles. The maximum atomic E-state index is 13.4. The van der Waals surface area contributed by atoms with Gasteiger partial charge in [-0.15, -0.1) is 0 Å². The molecule has 1 saturated heterocycles. The zero-order valence-corrected chi connectivity index (χ0v) is 18.9. The van der Waals surface area contributed by atoms with Crippen LogP contribution in [-0.4, -0.2) is 47.5 Å². The SMILES string of the molecule is CC1C/C(=C\c2ccccc2)c2nc3ccccc3c(C(=O)OCC(=O)N3CCNC3=O)c2C1. The number of hydrogen-bond donors (Lipinski definition) is 1. The summed E-state index contributed by atoms with van der Waals surface area (Å²) in [5, 5.41) is 3.28. The highest BCUT2D eigenvalue weighted by Gasteiger charge is 2.31. The fourth-order valence-electron chi connectivity index (χ4n) is 4.71. The Morgan fingerprint density at radius 3 is 2.65 bits per heavy atom. The molecule has 2 aromatic carbocycles. The van der Waals surface area contributed by atoms with Crippen molar-refractivity contribution in [1.82, 2.24) is 15.2 Å². The lowest BCUT2D eigenvalue weighted by molar-refractivity contribution is -0.130. The van der Waals surface area contributed by atoms with Crippen LogP contribution in [0.15, 0.2) is 54.6 Å². The van der Waals surface area contributed by atoms with E-state index in [1.807, 2.05) is 54.6 Å². The summed E-state index contributed by atoms with van der Waals surface area (Å²) in [6, 6.07) is 17.1. The zero-order valence-electron chi connectivity index (χ0n) is 18.9. The number of nitrogens with one attached hydrogen (secondary N) is 1. The summed E-state index contributed by atoms with van der Waals surface area (Å²) < 4.78 is 5.46. The zero-order chi connectivity index (χ0) is 23.7. The molecule has 34 heavy (non-hydrogen) atoms. The van der Waals surface area contributed by atoms with Crippen LogP contribution in [0.4, 0.5) is 4.79 Å². The van der Waals surface area contributed by atoms with Crippen LogP contribution in [0.3, 0.4) is 0 Å². The Labute approximate surface area is 197 Å². The van der Waals surface area contributed by atoms with Crippen molar-refractivity contribution in [3.05, 3.63) is 77.0 Å². The predicted molar refractivity (Wildman–Crippen MR) is 129 cm³/mol. The van der Waals surface area contributed by atoms with Crippen LogP contribution >= 0.6 is 0 Å². The number of rotatable bonds is 4. The number of hydrogen-bond acceptors (Lipinski definition) is 5. The number of ether oxygens (including phenoxy) is 1. The molecule has 2 aliphatic rings. The number of pyridine rings is 1. The molecule has 172 valence electrons.